The molecule has 0 aliphatic carbocycles. The fourth-order valence-corrected chi connectivity index (χ4v) is 1.87. The Labute approximate surface area is 132 Å². The number of aromatic nitrogens is 2. The number of esters is 2. The number of rotatable bonds is 6. The normalized spacial score (nSPS) is 10.2. The molecule has 0 radical (unpaired) electrons. The fourth-order valence-electron chi connectivity index (χ4n) is 1.87. The molecule has 8 heteroatoms. The van der Waals surface area contributed by atoms with Crippen LogP contribution in [0, 0.1) is 0 Å². The molecule has 0 saturated heterocycles. The van der Waals surface area contributed by atoms with Crippen LogP contribution in [0.1, 0.15) is 20.8 Å². The molecule has 0 bridgehead atoms. The van der Waals surface area contributed by atoms with Crippen LogP contribution in [-0.2, 0) is 16.0 Å². The molecular weight excluding hydrogens is 302 g/mol. The third-order valence-electron chi connectivity index (χ3n) is 3.03. The smallest absolute Gasteiger partial charge is 0.360 e. The summed E-state index contributed by atoms with van der Waals surface area (Å²) < 4.78 is 16.2. The van der Waals surface area contributed by atoms with Gasteiger partial charge in [-0.25, -0.2) is 9.59 Å². The monoisotopic (exact) mass is 319 g/mol. The Morgan fingerprint density at radius 2 is 1.78 bits per heavy atom. The van der Waals surface area contributed by atoms with E-state index in [1.165, 1.54) is 25.1 Å². The first-order valence-corrected chi connectivity index (χ1v) is 6.77. The highest BCUT2D eigenvalue weighted by molar-refractivity contribution is 5.92. The predicted octanol–water partition coefficient (Wildman–Crippen LogP) is 1.12. The summed E-state index contributed by atoms with van der Waals surface area (Å²) in [6, 6.07) is 6.57. The number of nitrogens with two attached hydrogens (primary N) is 1. The van der Waals surface area contributed by atoms with Gasteiger partial charge >= 0.3 is 11.9 Å². The second-order valence-corrected chi connectivity index (χ2v) is 4.55. The molecular formula is C15H17N3O5. The molecule has 122 valence electrons. The zero-order chi connectivity index (χ0) is 16.8. The highest BCUT2D eigenvalue weighted by Crippen LogP contribution is 2.14. The molecule has 8 nitrogen and oxygen atoms in total. The molecule has 23 heavy (non-hydrogen) atoms. The van der Waals surface area contributed by atoms with Crippen molar-refractivity contribution in [2.45, 2.75) is 6.54 Å². The molecule has 1 heterocycles. The summed E-state index contributed by atoms with van der Waals surface area (Å²) in [5.41, 5.74) is 6.46. The Hall–Kier alpha value is -3.03. The number of anilines is 1. The number of methoxy groups -OCH3 is 2. The summed E-state index contributed by atoms with van der Waals surface area (Å²) in [4.78, 5) is 22.7. The Balaban J connectivity index is 1.90. The average Bonchev–Trinajstić information content (AvgIpc) is 2.94. The van der Waals surface area contributed by atoms with Gasteiger partial charge < -0.3 is 19.9 Å². The van der Waals surface area contributed by atoms with Gasteiger partial charge in [-0.1, -0.05) is 0 Å². The first kappa shape index (κ1) is 16.3. The van der Waals surface area contributed by atoms with Gasteiger partial charge in [-0.2, -0.15) is 5.10 Å². The lowest BCUT2D eigenvalue weighted by molar-refractivity contribution is 0.0587. The summed E-state index contributed by atoms with van der Waals surface area (Å²) >= 11 is 0. The second kappa shape index (κ2) is 7.30. The summed E-state index contributed by atoms with van der Waals surface area (Å²) in [6.07, 6.45) is 1.54. The van der Waals surface area contributed by atoms with E-state index in [9.17, 15) is 9.59 Å². The summed E-state index contributed by atoms with van der Waals surface area (Å²) in [7, 11) is 2.59. The van der Waals surface area contributed by atoms with Crippen molar-refractivity contribution in [2.75, 3.05) is 26.6 Å². The largest absolute Gasteiger partial charge is 0.492 e. The standard InChI is InChI=1S/C15H17N3O5/c1-21-14(19)10-3-5-11(6-4-10)23-8-7-18-9-12(16)13(17-18)15(20)22-2/h3-6,9H,7-8,16H2,1-2H3. The number of carbonyl (C=O) groups excluding carboxylic acids is 2. The van der Waals surface area contributed by atoms with Crippen LogP contribution < -0.4 is 10.5 Å². The molecule has 0 aliphatic heterocycles. The Kier molecular flexibility index (Phi) is 5.19. The van der Waals surface area contributed by atoms with Gasteiger partial charge in [-0.15, -0.1) is 0 Å². The summed E-state index contributed by atoms with van der Waals surface area (Å²) in [5.74, 6) is -0.384. The van der Waals surface area contributed by atoms with Crippen molar-refractivity contribution >= 4 is 17.6 Å². The van der Waals surface area contributed by atoms with Crippen molar-refractivity contribution in [2.24, 2.45) is 0 Å². The Morgan fingerprint density at radius 3 is 2.39 bits per heavy atom. The fraction of sp³-hybridized carbons (Fsp3) is 0.267. The minimum Gasteiger partial charge on any atom is -0.492 e. The third-order valence-corrected chi connectivity index (χ3v) is 3.03. The van der Waals surface area contributed by atoms with Crippen LogP contribution in [0.3, 0.4) is 0 Å². The second-order valence-electron chi connectivity index (χ2n) is 4.55. The van der Waals surface area contributed by atoms with E-state index in [1.54, 1.807) is 24.3 Å². The van der Waals surface area contributed by atoms with Crippen molar-refractivity contribution in [3.05, 3.63) is 41.7 Å². The molecule has 1 aromatic carbocycles. The SMILES string of the molecule is COC(=O)c1ccc(OCCn2cc(N)c(C(=O)OC)n2)cc1. The van der Waals surface area contributed by atoms with Crippen LogP contribution in [0.4, 0.5) is 5.69 Å². The van der Waals surface area contributed by atoms with Crippen LogP contribution in [0.2, 0.25) is 0 Å². The van der Waals surface area contributed by atoms with Gasteiger partial charge in [-0.05, 0) is 24.3 Å². The molecule has 0 aliphatic rings. The number of ether oxygens (including phenoxy) is 3. The lowest BCUT2D eigenvalue weighted by Crippen LogP contribution is -2.10. The quantitative estimate of drug-likeness (QED) is 0.795. The number of nitrogens with zero attached hydrogens (tertiary/aromatic N) is 2. The zero-order valence-electron chi connectivity index (χ0n) is 12.8. The topological polar surface area (TPSA) is 106 Å². The van der Waals surface area contributed by atoms with Crippen LogP contribution in [-0.4, -0.2) is 42.5 Å². The molecule has 2 N–H and O–H groups in total. The highest BCUT2D eigenvalue weighted by atomic mass is 16.5. The van der Waals surface area contributed by atoms with Crippen molar-refractivity contribution in [1.82, 2.24) is 9.78 Å². The van der Waals surface area contributed by atoms with Crippen molar-refractivity contribution in [1.29, 1.82) is 0 Å². The predicted molar refractivity (Wildman–Crippen MR) is 81.3 cm³/mol. The summed E-state index contributed by atoms with van der Waals surface area (Å²) in [5, 5.41) is 4.04. The Bertz CT molecular complexity index is 694. The van der Waals surface area contributed by atoms with Crippen LogP contribution in [0.25, 0.3) is 0 Å². The molecule has 1 aromatic heterocycles. The van der Waals surface area contributed by atoms with Crippen LogP contribution in [0.15, 0.2) is 30.5 Å². The molecule has 2 aromatic rings. The number of hydrogen-bond donors (Lipinski definition) is 1. The van der Waals surface area contributed by atoms with Gasteiger partial charge in [0, 0.05) is 6.20 Å². The molecule has 0 fully saturated rings. The maximum absolute atomic E-state index is 11.4. The zero-order valence-corrected chi connectivity index (χ0v) is 12.8. The third kappa shape index (κ3) is 4.00. The summed E-state index contributed by atoms with van der Waals surface area (Å²) in [6.45, 7) is 0.721. The minimum absolute atomic E-state index is 0.0786. The van der Waals surface area contributed by atoms with E-state index in [4.69, 9.17) is 10.5 Å². The highest BCUT2D eigenvalue weighted by Gasteiger charge is 2.14. The molecule has 0 amide bonds. The molecule has 0 atom stereocenters. The Morgan fingerprint density at radius 1 is 1.13 bits per heavy atom. The molecule has 0 saturated carbocycles. The van der Waals surface area contributed by atoms with Gasteiger partial charge in [0.15, 0.2) is 5.69 Å². The van der Waals surface area contributed by atoms with Gasteiger partial charge in [0.05, 0.1) is 32.0 Å². The van der Waals surface area contributed by atoms with Gasteiger partial charge in [0.25, 0.3) is 0 Å². The van der Waals surface area contributed by atoms with Gasteiger partial charge in [-0.3, -0.25) is 4.68 Å². The van der Waals surface area contributed by atoms with E-state index in [0.29, 0.717) is 24.5 Å². The molecule has 0 spiro atoms. The first-order valence-electron chi connectivity index (χ1n) is 6.77. The van der Waals surface area contributed by atoms with Crippen LogP contribution >= 0.6 is 0 Å². The van der Waals surface area contributed by atoms with Crippen molar-refractivity contribution in [3.8, 4) is 5.75 Å². The maximum atomic E-state index is 11.4. The van der Waals surface area contributed by atoms with E-state index < -0.39 is 11.9 Å². The van der Waals surface area contributed by atoms with Gasteiger partial charge in [0.2, 0.25) is 0 Å². The van der Waals surface area contributed by atoms with E-state index in [1.807, 2.05) is 0 Å². The maximum Gasteiger partial charge on any atom is 0.360 e. The first-order chi connectivity index (χ1) is 11.0. The lowest BCUT2D eigenvalue weighted by atomic mass is 10.2. The number of hydrogen-bond acceptors (Lipinski definition) is 7. The molecule has 0 unspecified atom stereocenters. The van der Waals surface area contributed by atoms with E-state index in [2.05, 4.69) is 14.6 Å². The van der Waals surface area contributed by atoms with Crippen LogP contribution in [0.5, 0.6) is 5.75 Å². The molecule has 2 rings (SSSR count). The number of benzene rings is 1. The lowest BCUT2D eigenvalue weighted by Gasteiger charge is -2.07. The average molecular weight is 319 g/mol. The van der Waals surface area contributed by atoms with E-state index >= 15 is 0 Å². The van der Waals surface area contributed by atoms with Crippen molar-refractivity contribution in [3.63, 3.8) is 0 Å². The van der Waals surface area contributed by atoms with E-state index in [-0.39, 0.29) is 11.4 Å². The minimum atomic E-state index is -0.583. The number of carbonyl (C=O) groups is 2. The van der Waals surface area contributed by atoms with Crippen molar-refractivity contribution < 1.29 is 23.8 Å². The van der Waals surface area contributed by atoms with Gasteiger partial charge in [0.1, 0.15) is 12.4 Å². The van der Waals surface area contributed by atoms with E-state index in [0.717, 1.165) is 0 Å². The number of nitrogen functional groups attached to an aromatic ring is 1.